The molecule has 1 aromatic heterocycles. The third-order valence-electron chi connectivity index (χ3n) is 4.98. The Bertz CT molecular complexity index is 756. The fourth-order valence-electron chi connectivity index (χ4n) is 3.49. The molecule has 1 fully saturated rings. The van der Waals surface area contributed by atoms with Crippen LogP contribution < -0.4 is 15.4 Å². The van der Waals surface area contributed by atoms with Crippen molar-refractivity contribution in [2.75, 3.05) is 17.4 Å². The predicted octanol–water partition coefficient (Wildman–Crippen LogP) is 2.87. The summed E-state index contributed by atoms with van der Waals surface area (Å²) < 4.78 is 10.8. The van der Waals surface area contributed by atoms with Gasteiger partial charge in [0.1, 0.15) is 17.4 Å². The Morgan fingerprint density at radius 1 is 1.04 bits per heavy atom. The highest BCUT2D eigenvalue weighted by Gasteiger charge is 2.40. The maximum absolute atomic E-state index is 12.3. The molecule has 1 saturated carbocycles. The quantitative estimate of drug-likeness (QED) is 0.404. The smallest absolute Gasteiger partial charge is 0.312 e. The summed E-state index contributed by atoms with van der Waals surface area (Å²) in [5, 5.41) is 5.26. The van der Waals surface area contributed by atoms with Crippen LogP contribution in [0.5, 0.6) is 5.75 Å². The molecule has 2 N–H and O–H groups in total. The number of carbonyl (C=O) groups is 3. The zero-order chi connectivity index (χ0) is 20.1. The highest BCUT2D eigenvalue weighted by atomic mass is 16.7. The first-order valence-electron chi connectivity index (χ1n) is 9.58. The number of amides is 2. The molecule has 8 heteroatoms. The van der Waals surface area contributed by atoms with Gasteiger partial charge >= 0.3 is 5.97 Å². The summed E-state index contributed by atoms with van der Waals surface area (Å²) in [6, 6.07) is 3.03. The molecule has 2 bridgehead atoms. The van der Waals surface area contributed by atoms with Crippen molar-refractivity contribution in [1.29, 1.82) is 0 Å². The standard InChI is InChI=1S/C20H25N3O5/c1-3-18(24)22-16-9-14(10-17(21-16)23-19(25)4-2)27-11-28-20(26)15-8-12-5-6-13(15)7-12/h5-6,9-10,12-13,15H,3-4,7-8,11H2,1-2H3,(H2,21,22,23,24,25). The summed E-state index contributed by atoms with van der Waals surface area (Å²) in [6.45, 7) is 3.20. The van der Waals surface area contributed by atoms with Crippen LogP contribution in [0.25, 0.3) is 0 Å². The minimum Gasteiger partial charge on any atom is -0.457 e. The fraction of sp³-hybridized carbons (Fsp3) is 0.500. The molecular weight excluding hydrogens is 362 g/mol. The van der Waals surface area contributed by atoms with Gasteiger partial charge in [-0.2, -0.15) is 0 Å². The summed E-state index contributed by atoms with van der Waals surface area (Å²) in [5.74, 6) is 0.790. The molecule has 3 atom stereocenters. The number of hydrogen-bond donors (Lipinski definition) is 2. The van der Waals surface area contributed by atoms with Crippen molar-refractivity contribution in [2.24, 2.45) is 17.8 Å². The number of anilines is 2. The Balaban J connectivity index is 1.60. The lowest BCUT2D eigenvalue weighted by molar-refractivity contribution is -0.156. The Morgan fingerprint density at radius 3 is 2.18 bits per heavy atom. The van der Waals surface area contributed by atoms with Crippen LogP contribution in [0.15, 0.2) is 24.3 Å². The van der Waals surface area contributed by atoms with Crippen LogP contribution in [0.1, 0.15) is 39.5 Å². The summed E-state index contributed by atoms with van der Waals surface area (Å²) >= 11 is 0. The molecule has 1 aromatic rings. The van der Waals surface area contributed by atoms with E-state index >= 15 is 0 Å². The SMILES string of the molecule is CCC(=O)Nc1cc(OCOC(=O)C2CC3C=CC2C3)cc(NC(=O)CC)n1. The van der Waals surface area contributed by atoms with Gasteiger partial charge in [-0.1, -0.05) is 26.0 Å². The van der Waals surface area contributed by atoms with Gasteiger partial charge in [0.2, 0.25) is 18.6 Å². The second-order valence-corrected chi connectivity index (χ2v) is 6.99. The number of aromatic nitrogens is 1. The van der Waals surface area contributed by atoms with E-state index < -0.39 is 0 Å². The van der Waals surface area contributed by atoms with Crippen LogP contribution in [0.4, 0.5) is 11.6 Å². The Hall–Kier alpha value is -2.90. The maximum Gasteiger partial charge on any atom is 0.312 e. The Labute approximate surface area is 163 Å². The first-order valence-corrected chi connectivity index (χ1v) is 9.58. The van der Waals surface area contributed by atoms with Gasteiger partial charge in [-0.25, -0.2) is 4.98 Å². The van der Waals surface area contributed by atoms with E-state index in [9.17, 15) is 14.4 Å². The molecule has 2 amide bonds. The maximum atomic E-state index is 12.3. The van der Waals surface area contributed by atoms with E-state index in [1.165, 1.54) is 12.1 Å². The van der Waals surface area contributed by atoms with Gasteiger partial charge in [-0.05, 0) is 24.7 Å². The lowest BCUT2D eigenvalue weighted by atomic mass is 9.94. The van der Waals surface area contributed by atoms with Crippen LogP contribution in [-0.4, -0.2) is 29.6 Å². The van der Waals surface area contributed by atoms with Crippen LogP contribution >= 0.6 is 0 Å². The molecule has 8 nitrogen and oxygen atoms in total. The topological polar surface area (TPSA) is 107 Å². The molecule has 0 aromatic carbocycles. The molecule has 2 aliphatic carbocycles. The summed E-state index contributed by atoms with van der Waals surface area (Å²) in [5.41, 5.74) is 0. The highest BCUT2D eigenvalue weighted by molar-refractivity contribution is 5.92. The summed E-state index contributed by atoms with van der Waals surface area (Å²) in [7, 11) is 0. The lowest BCUT2D eigenvalue weighted by Crippen LogP contribution is -2.23. The van der Waals surface area contributed by atoms with Gasteiger partial charge in [0, 0.05) is 25.0 Å². The zero-order valence-corrected chi connectivity index (χ0v) is 16.1. The number of allylic oxidation sites excluding steroid dienone is 2. The molecule has 0 radical (unpaired) electrons. The third kappa shape index (κ3) is 4.88. The molecule has 28 heavy (non-hydrogen) atoms. The van der Waals surface area contributed by atoms with Crippen molar-refractivity contribution in [3.8, 4) is 5.75 Å². The molecule has 1 heterocycles. The van der Waals surface area contributed by atoms with Crippen molar-refractivity contribution in [3.05, 3.63) is 24.3 Å². The normalized spacial score (nSPS) is 22.0. The number of carbonyl (C=O) groups excluding carboxylic acids is 3. The highest BCUT2D eigenvalue weighted by Crippen LogP contribution is 2.43. The van der Waals surface area contributed by atoms with E-state index in [0.717, 1.165) is 12.8 Å². The van der Waals surface area contributed by atoms with Gasteiger partial charge in [-0.3, -0.25) is 14.4 Å². The van der Waals surface area contributed by atoms with E-state index in [1.807, 2.05) is 0 Å². The van der Waals surface area contributed by atoms with Gasteiger partial charge in [0.25, 0.3) is 0 Å². The second kappa shape index (κ2) is 8.86. The summed E-state index contributed by atoms with van der Waals surface area (Å²) in [6.07, 6.45) is 6.69. The first-order chi connectivity index (χ1) is 13.5. The monoisotopic (exact) mass is 387 g/mol. The molecule has 0 aliphatic heterocycles. The van der Waals surface area contributed by atoms with Crippen molar-refractivity contribution in [2.45, 2.75) is 39.5 Å². The number of nitrogens with zero attached hydrogens (tertiary/aromatic N) is 1. The first kappa shape index (κ1) is 19.9. The van der Waals surface area contributed by atoms with E-state index in [0.29, 0.717) is 24.5 Å². The van der Waals surface area contributed by atoms with Crippen molar-refractivity contribution >= 4 is 29.4 Å². The second-order valence-electron chi connectivity index (χ2n) is 6.99. The van der Waals surface area contributed by atoms with Crippen molar-refractivity contribution in [1.82, 2.24) is 4.98 Å². The number of hydrogen-bond acceptors (Lipinski definition) is 6. The number of rotatable bonds is 8. The molecule has 0 saturated heterocycles. The number of fused-ring (bicyclic) bond motifs is 2. The van der Waals surface area contributed by atoms with Gasteiger partial charge in [0.15, 0.2) is 0 Å². The molecular formula is C20H25N3O5. The average Bonchev–Trinajstić information content (AvgIpc) is 3.31. The molecule has 2 aliphatic rings. The molecule has 0 spiro atoms. The Morgan fingerprint density at radius 2 is 1.68 bits per heavy atom. The van der Waals surface area contributed by atoms with E-state index in [1.54, 1.807) is 13.8 Å². The summed E-state index contributed by atoms with van der Waals surface area (Å²) in [4.78, 5) is 39.7. The molecule has 150 valence electrons. The number of nitrogens with one attached hydrogen (secondary N) is 2. The van der Waals surface area contributed by atoms with Crippen LogP contribution in [-0.2, 0) is 19.1 Å². The minimum atomic E-state index is -0.259. The van der Waals surface area contributed by atoms with Gasteiger partial charge < -0.3 is 20.1 Å². The third-order valence-corrected chi connectivity index (χ3v) is 4.98. The molecule has 3 rings (SSSR count). The van der Waals surface area contributed by atoms with Crippen LogP contribution in [0.2, 0.25) is 0 Å². The van der Waals surface area contributed by atoms with Crippen LogP contribution in [0.3, 0.4) is 0 Å². The number of esters is 1. The van der Waals surface area contributed by atoms with Gasteiger partial charge in [-0.15, -0.1) is 0 Å². The van der Waals surface area contributed by atoms with Gasteiger partial charge in [0.05, 0.1) is 5.92 Å². The van der Waals surface area contributed by atoms with Crippen molar-refractivity contribution in [3.63, 3.8) is 0 Å². The average molecular weight is 387 g/mol. The number of pyridine rings is 1. The van der Waals surface area contributed by atoms with Crippen molar-refractivity contribution < 1.29 is 23.9 Å². The fourth-order valence-corrected chi connectivity index (χ4v) is 3.49. The van der Waals surface area contributed by atoms with E-state index in [-0.39, 0.29) is 48.0 Å². The zero-order valence-electron chi connectivity index (χ0n) is 16.1. The number of ether oxygens (including phenoxy) is 2. The lowest BCUT2D eigenvalue weighted by Gasteiger charge is -2.17. The van der Waals surface area contributed by atoms with E-state index in [2.05, 4.69) is 27.8 Å². The largest absolute Gasteiger partial charge is 0.457 e. The predicted molar refractivity (Wildman–Crippen MR) is 103 cm³/mol. The molecule has 3 unspecified atom stereocenters. The Kier molecular flexibility index (Phi) is 6.28. The van der Waals surface area contributed by atoms with E-state index in [4.69, 9.17) is 9.47 Å². The minimum absolute atomic E-state index is 0.102. The van der Waals surface area contributed by atoms with Crippen LogP contribution in [0, 0.1) is 17.8 Å².